The van der Waals surface area contributed by atoms with Crippen LogP contribution in [0.2, 0.25) is 0 Å². The summed E-state index contributed by atoms with van der Waals surface area (Å²) in [5.41, 5.74) is 0. The van der Waals surface area contributed by atoms with E-state index in [9.17, 15) is 0 Å². The number of rotatable bonds is 0. The van der Waals surface area contributed by atoms with Crippen molar-refractivity contribution in [2.24, 2.45) is 0 Å². The Morgan fingerprint density at radius 2 is 1.71 bits per heavy atom. The molecule has 0 amide bonds. The molecule has 3 radical (unpaired) electrons. The van der Waals surface area contributed by atoms with Crippen LogP contribution in [0.1, 0.15) is 0 Å². The van der Waals surface area contributed by atoms with Crippen molar-refractivity contribution in [3.05, 3.63) is 0 Å². The minimum Gasteiger partial charge on any atom is -0.460 e. The van der Waals surface area contributed by atoms with Gasteiger partial charge in [-0.05, 0) is 0 Å². The van der Waals surface area contributed by atoms with Crippen molar-refractivity contribution in [2.75, 3.05) is 0 Å². The molecule has 0 atom stereocenters. The maximum absolute atomic E-state index is 9.12. The van der Waals surface area contributed by atoms with Crippen LogP contribution in [0.15, 0.2) is 0 Å². The molecule has 6 heteroatoms. The Labute approximate surface area is 160 Å². The molecule has 27 valence electrons. The second-order valence-electron chi connectivity index (χ2n) is 0.410. The fraction of sp³-hybridized carbons (Fsp3) is 0. The van der Waals surface area contributed by atoms with E-state index in [2.05, 4.69) is 12.7 Å². The molecule has 0 saturated carbocycles. The zero-order valence-corrected chi connectivity index (χ0v) is 16.9. The van der Waals surface area contributed by atoms with Crippen molar-refractivity contribution in [1.82, 2.24) is 0 Å². The van der Waals surface area contributed by atoms with Crippen LogP contribution >= 0.6 is 0 Å². The third-order valence-corrected chi connectivity index (χ3v) is 0.0900. The molecule has 0 aromatic carbocycles. The van der Waals surface area contributed by atoms with Crippen molar-refractivity contribution < 1.29 is 153 Å². The van der Waals surface area contributed by atoms with Gasteiger partial charge < -0.3 is 17.5 Å². The first kappa shape index (κ1) is 16.9. The van der Waals surface area contributed by atoms with Gasteiger partial charge >= 0.3 is 138 Å². The van der Waals surface area contributed by atoms with Crippen LogP contribution in [0.5, 0.6) is 0 Å². The first-order chi connectivity index (χ1) is 2.27. The van der Waals surface area contributed by atoms with Gasteiger partial charge in [0.05, 0.1) is 5.87 Å². The van der Waals surface area contributed by atoms with Gasteiger partial charge in [0.2, 0.25) is 0 Å². The largest absolute Gasteiger partial charge is 1.00 e. The first-order valence-electron chi connectivity index (χ1n) is 0.879. The molecule has 0 bridgehead atoms. The van der Waals surface area contributed by atoms with Gasteiger partial charge in [0.1, 0.15) is 0 Å². The number of hydrogen-bond donors (Lipinski definition) is 1. The predicted octanol–water partition coefficient (Wildman–Crippen LogP) is -6.23. The maximum atomic E-state index is 9.12. The Bertz CT molecular complexity index is 48.2. The molecule has 0 aromatic heterocycles. The number of carbonyl (C=O) groups excluding carboxylic acids is 1. The van der Waals surface area contributed by atoms with Crippen LogP contribution in [0.25, 0.3) is 0 Å². The van der Waals surface area contributed by atoms with Gasteiger partial charge in [0.25, 0.3) is 0 Å². The summed E-state index contributed by atoms with van der Waals surface area (Å²) >= 11 is 0. The zero-order valence-electron chi connectivity index (χ0n) is 4.34. The number of hydrogen-bond acceptors (Lipinski definition) is 3. The summed E-state index contributed by atoms with van der Waals surface area (Å²) in [6, 6.07) is 0. The van der Waals surface area contributed by atoms with Gasteiger partial charge in [-0.15, -0.1) is 0 Å². The Morgan fingerprint density at radius 1 is 1.57 bits per heavy atom. The summed E-state index contributed by atoms with van der Waals surface area (Å²) in [5, 5.41) is 7.17. The van der Waals surface area contributed by atoms with Crippen molar-refractivity contribution >= 4 is 13.7 Å². The molecular weight excluding hydrogens is 337 g/mol. The Balaban J connectivity index is -0.0000000800. The van der Waals surface area contributed by atoms with Crippen LogP contribution in [0.3, 0.4) is 0 Å². The maximum Gasteiger partial charge on any atom is 1.00 e. The average molecular weight is 338 g/mol. The van der Waals surface area contributed by atoms with Crippen molar-refractivity contribution in [2.45, 2.75) is 0 Å². The fourth-order valence-electron chi connectivity index (χ4n) is 0. The monoisotopic (exact) mass is 338 g/mol. The molecule has 0 aliphatic carbocycles. The molecule has 0 heterocycles. The molecule has 0 aromatic rings. The first-order valence-corrected chi connectivity index (χ1v) is 0.879. The van der Waals surface area contributed by atoms with E-state index in [1.165, 1.54) is 0 Å². The van der Waals surface area contributed by atoms with Gasteiger partial charge in [-0.25, -0.2) is 5.26 Å². The molecule has 7 heavy (non-hydrogen) atoms. The SMILES string of the molecule is [B-]C(=O)OO.[Cs+].[Cs+]. The smallest absolute Gasteiger partial charge is 0.460 e. The van der Waals surface area contributed by atoms with E-state index in [0.717, 1.165) is 0 Å². The molecule has 1 N–H and O–H groups in total. The number of carbonyl (C=O) groups is 1. The van der Waals surface area contributed by atoms with E-state index in [4.69, 9.17) is 10.1 Å². The second kappa shape index (κ2) is 12.3. The van der Waals surface area contributed by atoms with Crippen LogP contribution in [0.4, 0.5) is 4.79 Å². The topological polar surface area (TPSA) is 46.5 Å². The summed E-state index contributed by atoms with van der Waals surface area (Å²) in [6.45, 7) is 0. The predicted molar refractivity (Wildman–Crippen MR) is 14.9 cm³/mol. The molecule has 0 spiro atoms. The van der Waals surface area contributed by atoms with Crippen molar-refractivity contribution in [3.8, 4) is 0 Å². The molecule has 0 aliphatic heterocycles. The summed E-state index contributed by atoms with van der Waals surface area (Å²) < 4.78 is 0. The van der Waals surface area contributed by atoms with Gasteiger partial charge in [-0.3, -0.25) is 0 Å². The Morgan fingerprint density at radius 3 is 1.71 bits per heavy atom. The summed E-state index contributed by atoms with van der Waals surface area (Å²) in [4.78, 5) is 12.0. The van der Waals surface area contributed by atoms with Crippen molar-refractivity contribution in [1.29, 1.82) is 0 Å². The van der Waals surface area contributed by atoms with E-state index < -0.39 is 5.87 Å². The van der Waals surface area contributed by atoms with Crippen molar-refractivity contribution in [3.63, 3.8) is 0 Å². The van der Waals surface area contributed by atoms with Gasteiger partial charge in [-0.2, -0.15) is 0 Å². The average Bonchev–Trinajstić information content (AvgIpc) is 1.38. The van der Waals surface area contributed by atoms with Crippen LogP contribution in [-0.4, -0.2) is 19.0 Å². The van der Waals surface area contributed by atoms with E-state index >= 15 is 0 Å². The molecule has 0 aliphatic rings. The quantitative estimate of drug-likeness (QED) is 0.272. The third kappa shape index (κ3) is 17.7. The molecule has 0 unspecified atom stereocenters. The normalized spacial score (nSPS) is 4.86. The Kier molecular flexibility index (Phi) is 29.7. The Hall–Kier alpha value is 3.60. The molecule has 3 nitrogen and oxygen atoms in total. The van der Waals surface area contributed by atoms with E-state index in [-0.39, 0.29) is 138 Å². The van der Waals surface area contributed by atoms with Crippen LogP contribution in [-0.2, 0) is 4.89 Å². The summed E-state index contributed by atoms with van der Waals surface area (Å²) in [7, 11) is 4.18. The molecule has 0 saturated heterocycles. The molecule has 0 fully saturated rings. The van der Waals surface area contributed by atoms with E-state index in [1.54, 1.807) is 0 Å². The minimum atomic E-state index is -1.19. The van der Waals surface area contributed by atoms with Crippen LogP contribution in [0, 0.1) is 0 Å². The van der Waals surface area contributed by atoms with Gasteiger partial charge in [0.15, 0.2) is 0 Å². The van der Waals surface area contributed by atoms with E-state index in [1.807, 2.05) is 0 Å². The molecular formula is CHBCs2O3+. The third-order valence-electron chi connectivity index (χ3n) is 0.0900. The fourth-order valence-corrected chi connectivity index (χ4v) is 0. The second-order valence-corrected chi connectivity index (χ2v) is 0.410. The van der Waals surface area contributed by atoms with E-state index in [0.29, 0.717) is 0 Å². The minimum absolute atomic E-state index is 0. The standard InChI is InChI=1S/CHBO3.2Cs/c2-1(3)5-4;;/h4H;;/q-1;2*+1. The van der Waals surface area contributed by atoms with Gasteiger partial charge in [0, 0.05) is 0 Å². The molecule has 0 rings (SSSR count). The summed E-state index contributed by atoms with van der Waals surface area (Å²) in [5.74, 6) is -1.19. The summed E-state index contributed by atoms with van der Waals surface area (Å²) in [6.07, 6.45) is 0. The van der Waals surface area contributed by atoms with Crippen LogP contribution < -0.4 is 138 Å². The zero-order chi connectivity index (χ0) is 4.28. The van der Waals surface area contributed by atoms with Gasteiger partial charge in [-0.1, -0.05) is 0 Å².